The molecule has 41 heavy (non-hydrogen) atoms. The fourth-order valence-corrected chi connectivity index (χ4v) is 6.03. The zero-order valence-corrected chi connectivity index (χ0v) is 24.4. The molecule has 4 unspecified atom stereocenters. The summed E-state index contributed by atoms with van der Waals surface area (Å²) < 4.78 is 42.3. The number of nitrogens with zero attached hydrogens (tertiary/aromatic N) is 1. The van der Waals surface area contributed by atoms with Crippen LogP contribution >= 0.6 is 0 Å². The first kappa shape index (κ1) is 29.5. The van der Waals surface area contributed by atoms with E-state index in [0.717, 1.165) is 48.9 Å². The van der Waals surface area contributed by atoms with Crippen molar-refractivity contribution in [2.45, 2.75) is 70.7 Å². The van der Waals surface area contributed by atoms with E-state index in [9.17, 15) is 5.11 Å². The monoisotopic (exact) mass is 568 g/mol. The molecule has 1 saturated carbocycles. The molecule has 4 atom stereocenters. The average Bonchev–Trinajstić information content (AvgIpc) is 3.74. The third-order valence-corrected chi connectivity index (χ3v) is 8.74. The van der Waals surface area contributed by atoms with Gasteiger partial charge in [-0.1, -0.05) is 19.1 Å². The lowest BCUT2D eigenvalue weighted by Crippen LogP contribution is -2.37. The van der Waals surface area contributed by atoms with E-state index in [-0.39, 0.29) is 29.5 Å². The Morgan fingerprint density at radius 3 is 2.71 bits per heavy atom. The number of allylic oxidation sites excluding steroid dienone is 4. The van der Waals surface area contributed by atoms with Gasteiger partial charge < -0.3 is 30.5 Å². The SMILES string of the molecule is CCC1=CNC(=NC)C(OCC2NCCC2OC)=C(c2cc(F)cc(NC(O)C3=C(F)CC(C4CC4)C=C3)c2C)C1. The quantitative estimate of drug-likeness (QED) is 0.279. The molecule has 1 aromatic rings. The highest BCUT2D eigenvalue weighted by Gasteiger charge is 2.34. The molecule has 0 bridgehead atoms. The van der Waals surface area contributed by atoms with Gasteiger partial charge in [-0.15, -0.1) is 0 Å². The van der Waals surface area contributed by atoms with E-state index < -0.39 is 12.0 Å². The summed E-state index contributed by atoms with van der Waals surface area (Å²) in [5, 5.41) is 20.7. The summed E-state index contributed by atoms with van der Waals surface area (Å²) in [7, 11) is 3.39. The van der Waals surface area contributed by atoms with E-state index in [1.165, 1.54) is 12.1 Å². The molecular formula is C32H42F2N4O3. The zero-order chi connectivity index (χ0) is 29.1. The smallest absolute Gasteiger partial charge is 0.168 e. The van der Waals surface area contributed by atoms with Crippen molar-refractivity contribution in [3.8, 4) is 0 Å². The third kappa shape index (κ3) is 6.58. The van der Waals surface area contributed by atoms with Crippen LogP contribution in [0, 0.1) is 24.6 Å². The summed E-state index contributed by atoms with van der Waals surface area (Å²) in [6, 6.07) is 2.85. The number of halogens is 2. The lowest BCUT2D eigenvalue weighted by molar-refractivity contribution is 0.0640. The number of aliphatic imine (C=N–C) groups is 1. The van der Waals surface area contributed by atoms with Crippen molar-refractivity contribution in [3.63, 3.8) is 0 Å². The molecule has 0 amide bonds. The van der Waals surface area contributed by atoms with Gasteiger partial charge >= 0.3 is 0 Å². The molecule has 0 spiro atoms. The largest absolute Gasteiger partial charge is 0.488 e. The first-order valence-corrected chi connectivity index (χ1v) is 14.7. The number of amidine groups is 1. The predicted octanol–water partition coefficient (Wildman–Crippen LogP) is 5.49. The van der Waals surface area contributed by atoms with Gasteiger partial charge in [-0.2, -0.15) is 0 Å². The molecule has 4 aliphatic rings. The zero-order valence-electron chi connectivity index (χ0n) is 24.4. The number of aliphatic hydroxyl groups excluding tert-OH is 1. The molecule has 7 nitrogen and oxygen atoms in total. The highest BCUT2D eigenvalue weighted by atomic mass is 19.1. The number of nitrogens with one attached hydrogen (secondary N) is 3. The first-order chi connectivity index (χ1) is 19.8. The minimum atomic E-state index is -1.31. The van der Waals surface area contributed by atoms with Crippen LogP contribution in [0.15, 0.2) is 58.2 Å². The van der Waals surface area contributed by atoms with Crippen LogP contribution in [-0.4, -0.2) is 56.6 Å². The van der Waals surface area contributed by atoms with Gasteiger partial charge in [0, 0.05) is 43.6 Å². The fraction of sp³-hybridized carbons (Fsp3) is 0.531. The van der Waals surface area contributed by atoms with Crippen molar-refractivity contribution < 1.29 is 23.4 Å². The normalized spacial score (nSPS) is 26.7. The molecule has 0 radical (unpaired) electrons. The lowest BCUT2D eigenvalue weighted by Gasteiger charge is -2.25. The van der Waals surface area contributed by atoms with Crippen LogP contribution in [-0.2, 0) is 9.47 Å². The molecule has 4 N–H and O–H groups in total. The number of hydrogen-bond acceptors (Lipinski definition) is 6. The second kappa shape index (κ2) is 12.9. The van der Waals surface area contributed by atoms with Gasteiger partial charge in [0.05, 0.1) is 12.1 Å². The van der Waals surface area contributed by atoms with E-state index in [1.807, 2.05) is 19.2 Å². The van der Waals surface area contributed by atoms with E-state index in [2.05, 4.69) is 27.9 Å². The fourth-order valence-electron chi connectivity index (χ4n) is 6.03. The van der Waals surface area contributed by atoms with Crippen molar-refractivity contribution in [2.24, 2.45) is 16.8 Å². The predicted molar refractivity (Wildman–Crippen MR) is 158 cm³/mol. The summed E-state index contributed by atoms with van der Waals surface area (Å²) in [5.41, 5.74) is 3.85. The van der Waals surface area contributed by atoms with Gasteiger partial charge in [0.1, 0.15) is 18.3 Å². The minimum Gasteiger partial charge on any atom is -0.488 e. The maximum absolute atomic E-state index is 15.2. The van der Waals surface area contributed by atoms with E-state index >= 15 is 8.78 Å². The Morgan fingerprint density at radius 2 is 2.02 bits per heavy atom. The number of ether oxygens (including phenoxy) is 2. The Morgan fingerprint density at radius 1 is 1.22 bits per heavy atom. The maximum Gasteiger partial charge on any atom is 0.168 e. The number of rotatable bonds is 10. The third-order valence-electron chi connectivity index (χ3n) is 8.74. The Hall–Kier alpha value is -3.01. The van der Waals surface area contributed by atoms with Crippen LogP contribution in [0.25, 0.3) is 5.57 Å². The number of hydrogen-bond donors (Lipinski definition) is 4. The van der Waals surface area contributed by atoms with E-state index in [0.29, 0.717) is 48.2 Å². The van der Waals surface area contributed by atoms with Crippen molar-refractivity contribution in [2.75, 3.05) is 32.6 Å². The van der Waals surface area contributed by atoms with Crippen molar-refractivity contribution in [3.05, 3.63) is 70.2 Å². The summed E-state index contributed by atoms with van der Waals surface area (Å²) in [5.74, 6) is 1.05. The number of anilines is 1. The Bertz CT molecular complexity index is 1300. The van der Waals surface area contributed by atoms with Gasteiger partial charge in [-0.05, 0) is 86.2 Å². The molecular weight excluding hydrogens is 526 g/mol. The molecule has 1 saturated heterocycles. The Labute approximate surface area is 241 Å². The molecule has 2 aliphatic heterocycles. The summed E-state index contributed by atoms with van der Waals surface area (Å²) in [6.07, 6.45) is 9.11. The lowest BCUT2D eigenvalue weighted by atomic mass is 9.90. The van der Waals surface area contributed by atoms with Crippen LogP contribution in [0.4, 0.5) is 14.5 Å². The Balaban J connectivity index is 1.47. The standard InChI is InChI=1S/C32H42F2N4O3/c1-5-19-12-25(30(31(35-3)37-16-19)41-17-28-29(40-4)10-11-36-28)24-14-22(33)15-27(18(24)2)38-32(39)23-9-8-21(13-26(23)34)20-6-7-20/h8-9,14-16,20-21,28-29,32,36,38-39H,5-7,10-13,17H2,1-4H3,(H,35,37). The van der Waals surface area contributed by atoms with Crippen LogP contribution in [0.2, 0.25) is 0 Å². The Kier molecular flexibility index (Phi) is 9.26. The minimum absolute atomic E-state index is 0.0147. The maximum atomic E-state index is 15.2. The van der Waals surface area contributed by atoms with Crippen molar-refractivity contribution >= 4 is 17.1 Å². The highest BCUT2D eigenvalue weighted by Crippen LogP contribution is 2.43. The van der Waals surface area contributed by atoms with E-state index in [1.54, 1.807) is 20.2 Å². The van der Waals surface area contributed by atoms with Gasteiger partial charge in [0.2, 0.25) is 0 Å². The molecule has 5 rings (SSSR count). The topological polar surface area (TPSA) is 87.1 Å². The van der Waals surface area contributed by atoms with Crippen LogP contribution in [0.3, 0.4) is 0 Å². The molecule has 0 aromatic heterocycles. The summed E-state index contributed by atoms with van der Waals surface area (Å²) >= 11 is 0. The second-order valence-corrected chi connectivity index (χ2v) is 11.4. The summed E-state index contributed by atoms with van der Waals surface area (Å²) in [6.45, 7) is 5.15. The number of methoxy groups -OCH3 is 1. The molecule has 222 valence electrons. The van der Waals surface area contributed by atoms with Crippen molar-refractivity contribution in [1.82, 2.24) is 10.6 Å². The number of benzene rings is 1. The van der Waals surface area contributed by atoms with Crippen LogP contribution in [0.5, 0.6) is 0 Å². The van der Waals surface area contributed by atoms with Crippen LogP contribution < -0.4 is 16.0 Å². The van der Waals surface area contributed by atoms with Gasteiger partial charge in [0.15, 0.2) is 17.8 Å². The second-order valence-electron chi connectivity index (χ2n) is 11.4. The molecule has 1 aromatic carbocycles. The number of aliphatic hydroxyl groups is 1. The van der Waals surface area contributed by atoms with Gasteiger partial charge in [0.25, 0.3) is 0 Å². The molecule has 2 fully saturated rings. The van der Waals surface area contributed by atoms with Gasteiger partial charge in [-0.3, -0.25) is 4.99 Å². The molecule has 2 aliphatic carbocycles. The summed E-state index contributed by atoms with van der Waals surface area (Å²) in [4.78, 5) is 4.45. The van der Waals surface area contributed by atoms with Crippen molar-refractivity contribution in [1.29, 1.82) is 0 Å². The highest BCUT2D eigenvalue weighted by molar-refractivity contribution is 6.05. The van der Waals surface area contributed by atoms with Gasteiger partial charge in [-0.25, -0.2) is 8.78 Å². The van der Waals surface area contributed by atoms with E-state index in [4.69, 9.17) is 9.47 Å². The van der Waals surface area contributed by atoms with Crippen LogP contribution in [0.1, 0.15) is 56.6 Å². The first-order valence-electron chi connectivity index (χ1n) is 14.7. The molecule has 9 heteroatoms. The molecule has 2 heterocycles. The average molecular weight is 569 g/mol.